The van der Waals surface area contributed by atoms with E-state index in [4.69, 9.17) is 4.74 Å². The molecule has 102 valence electrons. The largest absolute Gasteiger partial charge is 0.496 e. The van der Waals surface area contributed by atoms with Crippen molar-refractivity contribution in [2.24, 2.45) is 0 Å². The fraction of sp³-hybridized carbons (Fsp3) is 0.286. The van der Waals surface area contributed by atoms with E-state index in [1.54, 1.807) is 24.3 Å². The molecule has 2 nitrogen and oxygen atoms in total. The number of methoxy groups -OCH3 is 1. The molecule has 1 N–H and O–H groups in total. The lowest BCUT2D eigenvalue weighted by Gasteiger charge is -2.28. The second kappa shape index (κ2) is 4.42. The standard InChI is InChI=1S/C14H13F3O2/c1-13(18,14(15,16)17)10-7-3-5-9-6-4-8-11(19-2)12(9)10/h3-8,18H,1-2H3. The quantitative estimate of drug-likeness (QED) is 0.903. The summed E-state index contributed by atoms with van der Waals surface area (Å²) in [4.78, 5) is 0. The number of benzene rings is 2. The zero-order valence-corrected chi connectivity index (χ0v) is 10.5. The summed E-state index contributed by atoms with van der Waals surface area (Å²) in [6.07, 6.45) is -4.76. The Morgan fingerprint density at radius 3 is 2.16 bits per heavy atom. The molecule has 0 spiro atoms. The molecule has 0 amide bonds. The number of ether oxygens (including phenoxy) is 1. The van der Waals surface area contributed by atoms with Gasteiger partial charge in [-0.3, -0.25) is 0 Å². The van der Waals surface area contributed by atoms with Crippen molar-refractivity contribution < 1.29 is 23.0 Å². The Bertz CT molecular complexity index is 598. The summed E-state index contributed by atoms with van der Waals surface area (Å²) >= 11 is 0. The molecule has 0 aromatic heterocycles. The summed E-state index contributed by atoms with van der Waals surface area (Å²) < 4.78 is 44.1. The Balaban J connectivity index is 2.81. The molecule has 2 aromatic carbocycles. The Morgan fingerprint density at radius 2 is 1.63 bits per heavy atom. The van der Waals surface area contributed by atoms with E-state index < -0.39 is 11.8 Å². The number of aliphatic hydroxyl groups is 1. The Morgan fingerprint density at radius 1 is 1.05 bits per heavy atom. The van der Waals surface area contributed by atoms with Crippen LogP contribution in [0, 0.1) is 0 Å². The molecule has 2 rings (SSSR count). The minimum absolute atomic E-state index is 0.213. The van der Waals surface area contributed by atoms with E-state index in [0.717, 1.165) is 6.92 Å². The predicted octanol–water partition coefficient (Wildman–Crippen LogP) is 3.62. The van der Waals surface area contributed by atoms with Crippen LogP contribution in [0.15, 0.2) is 36.4 Å². The Kier molecular flexibility index (Phi) is 3.18. The highest BCUT2D eigenvalue weighted by Gasteiger charge is 2.52. The van der Waals surface area contributed by atoms with Crippen LogP contribution in [0.3, 0.4) is 0 Å². The number of hydrogen-bond acceptors (Lipinski definition) is 2. The molecule has 0 aliphatic rings. The molecule has 0 fully saturated rings. The lowest BCUT2D eigenvalue weighted by atomic mass is 9.90. The van der Waals surface area contributed by atoms with Crippen molar-refractivity contribution in [3.63, 3.8) is 0 Å². The smallest absolute Gasteiger partial charge is 0.421 e. The first-order chi connectivity index (χ1) is 8.79. The van der Waals surface area contributed by atoms with Gasteiger partial charge in [0.15, 0.2) is 5.60 Å². The first-order valence-corrected chi connectivity index (χ1v) is 5.64. The second-order valence-electron chi connectivity index (χ2n) is 4.43. The third-order valence-corrected chi connectivity index (χ3v) is 3.16. The summed E-state index contributed by atoms with van der Waals surface area (Å²) in [6.45, 7) is 0.744. The molecule has 0 heterocycles. The third kappa shape index (κ3) is 2.14. The van der Waals surface area contributed by atoms with Crippen LogP contribution >= 0.6 is 0 Å². The molecular weight excluding hydrogens is 257 g/mol. The summed E-state index contributed by atoms with van der Waals surface area (Å²) in [5.74, 6) is 0.303. The lowest BCUT2D eigenvalue weighted by Crippen LogP contribution is -2.39. The van der Waals surface area contributed by atoms with Crippen LogP contribution in [0.1, 0.15) is 12.5 Å². The van der Waals surface area contributed by atoms with Gasteiger partial charge in [0.25, 0.3) is 0 Å². The second-order valence-corrected chi connectivity index (χ2v) is 4.43. The maximum atomic E-state index is 13.0. The molecule has 2 aromatic rings. The monoisotopic (exact) mass is 270 g/mol. The van der Waals surface area contributed by atoms with Crippen LogP contribution in [0.5, 0.6) is 5.75 Å². The first-order valence-electron chi connectivity index (χ1n) is 5.64. The molecular formula is C14H13F3O2. The van der Waals surface area contributed by atoms with Gasteiger partial charge in [0, 0.05) is 10.9 Å². The van der Waals surface area contributed by atoms with Crippen molar-refractivity contribution in [2.45, 2.75) is 18.7 Å². The maximum Gasteiger partial charge on any atom is 0.421 e. The number of halogens is 3. The number of rotatable bonds is 2. The molecule has 0 saturated heterocycles. The maximum absolute atomic E-state index is 13.0. The highest BCUT2D eigenvalue weighted by atomic mass is 19.4. The molecule has 1 atom stereocenters. The minimum atomic E-state index is -4.76. The average Bonchev–Trinajstić information content (AvgIpc) is 2.35. The predicted molar refractivity (Wildman–Crippen MR) is 66.1 cm³/mol. The summed E-state index contributed by atoms with van der Waals surface area (Å²) in [5.41, 5.74) is -3.14. The van der Waals surface area contributed by atoms with Gasteiger partial charge in [-0.15, -0.1) is 0 Å². The van der Waals surface area contributed by atoms with Crippen LogP contribution in [0.4, 0.5) is 13.2 Å². The van der Waals surface area contributed by atoms with Crippen LogP contribution in [-0.4, -0.2) is 18.4 Å². The molecule has 0 aliphatic carbocycles. The van der Waals surface area contributed by atoms with Gasteiger partial charge in [0.2, 0.25) is 0 Å². The number of hydrogen-bond donors (Lipinski definition) is 1. The molecule has 0 aliphatic heterocycles. The van der Waals surface area contributed by atoms with Gasteiger partial charge in [0.05, 0.1) is 7.11 Å². The SMILES string of the molecule is COc1cccc2cccc(C(C)(O)C(F)(F)F)c12. The van der Waals surface area contributed by atoms with Gasteiger partial charge in [0.1, 0.15) is 5.75 Å². The van der Waals surface area contributed by atoms with Crippen molar-refractivity contribution in [1.29, 1.82) is 0 Å². The zero-order chi connectivity index (χ0) is 14.3. The van der Waals surface area contributed by atoms with Gasteiger partial charge in [-0.05, 0) is 18.4 Å². The Labute approximate surface area is 108 Å². The van der Waals surface area contributed by atoms with Crippen LogP contribution < -0.4 is 4.74 Å². The van der Waals surface area contributed by atoms with Gasteiger partial charge in [-0.1, -0.05) is 30.3 Å². The minimum Gasteiger partial charge on any atom is -0.496 e. The van der Waals surface area contributed by atoms with Crippen LogP contribution in [0.2, 0.25) is 0 Å². The van der Waals surface area contributed by atoms with E-state index in [9.17, 15) is 18.3 Å². The summed E-state index contributed by atoms with van der Waals surface area (Å²) in [6, 6.07) is 9.35. The fourth-order valence-corrected chi connectivity index (χ4v) is 2.04. The van der Waals surface area contributed by atoms with E-state index in [1.165, 1.54) is 19.2 Å². The van der Waals surface area contributed by atoms with E-state index in [-0.39, 0.29) is 10.9 Å². The molecule has 1 unspecified atom stereocenters. The lowest BCUT2D eigenvalue weighted by molar-refractivity contribution is -0.258. The van der Waals surface area contributed by atoms with Crippen molar-refractivity contribution in [1.82, 2.24) is 0 Å². The zero-order valence-electron chi connectivity index (χ0n) is 10.5. The normalized spacial score (nSPS) is 15.3. The van der Waals surface area contributed by atoms with Crippen molar-refractivity contribution in [3.8, 4) is 5.75 Å². The van der Waals surface area contributed by atoms with E-state index in [1.807, 2.05) is 0 Å². The van der Waals surface area contributed by atoms with Crippen molar-refractivity contribution in [2.75, 3.05) is 7.11 Å². The van der Waals surface area contributed by atoms with Gasteiger partial charge >= 0.3 is 6.18 Å². The molecule has 0 bridgehead atoms. The number of alkyl halides is 3. The van der Waals surface area contributed by atoms with E-state index in [0.29, 0.717) is 11.1 Å². The summed E-state index contributed by atoms with van der Waals surface area (Å²) in [7, 11) is 1.38. The van der Waals surface area contributed by atoms with Crippen molar-refractivity contribution in [3.05, 3.63) is 42.0 Å². The molecule has 0 saturated carbocycles. The highest BCUT2D eigenvalue weighted by molar-refractivity contribution is 5.92. The summed E-state index contributed by atoms with van der Waals surface area (Å²) in [5, 5.41) is 10.7. The molecule has 19 heavy (non-hydrogen) atoms. The van der Waals surface area contributed by atoms with Crippen LogP contribution in [0.25, 0.3) is 10.8 Å². The van der Waals surface area contributed by atoms with Crippen molar-refractivity contribution >= 4 is 10.8 Å². The van der Waals surface area contributed by atoms with Gasteiger partial charge in [-0.25, -0.2) is 0 Å². The third-order valence-electron chi connectivity index (χ3n) is 3.16. The molecule has 5 heteroatoms. The van der Waals surface area contributed by atoms with Gasteiger partial charge in [-0.2, -0.15) is 13.2 Å². The topological polar surface area (TPSA) is 29.5 Å². The average molecular weight is 270 g/mol. The fourth-order valence-electron chi connectivity index (χ4n) is 2.04. The van der Waals surface area contributed by atoms with E-state index in [2.05, 4.69) is 0 Å². The highest BCUT2D eigenvalue weighted by Crippen LogP contribution is 2.43. The van der Waals surface area contributed by atoms with E-state index >= 15 is 0 Å². The molecule has 0 radical (unpaired) electrons. The number of fused-ring (bicyclic) bond motifs is 1. The Hall–Kier alpha value is -1.75. The first kappa shape index (κ1) is 13.7. The van der Waals surface area contributed by atoms with Crippen LogP contribution in [-0.2, 0) is 5.60 Å². The van der Waals surface area contributed by atoms with Gasteiger partial charge < -0.3 is 9.84 Å².